The van der Waals surface area contributed by atoms with Gasteiger partial charge in [-0.3, -0.25) is 14.6 Å². The number of carbonyl (C=O) groups is 1. The predicted molar refractivity (Wildman–Crippen MR) is 169 cm³/mol. The first kappa shape index (κ1) is 29.2. The molecular formula is C33H41BrN6O2. The van der Waals surface area contributed by atoms with Gasteiger partial charge >= 0.3 is 0 Å². The van der Waals surface area contributed by atoms with Crippen molar-refractivity contribution >= 4 is 27.8 Å². The second-order valence-electron chi connectivity index (χ2n) is 11.5. The van der Waals surface area contributed by atoms with Gasteiger partial charge in [0.05, 0.1) is 30.5 Å². The molecule has 1 atom stereocenters. The van der Waals surface area contributed by atoms with Crippen LogP contribution in [0.5, 0.6) is 0 Å². The lowest BCUT2D eigenvalue weighted by atomic mass is 10.0. The van der Waals surface area contributed by atoms with Gasteiger partial charge in [0.15, 0.2) is 0 Å². The molecule has 0 aliphatic carbocycles. The first-order valence-electron chi connectivity index (χ1n) is 15.4. The number of halogens is 1. The monoisotopic (exact) mass is 632 g/mol. The molecule has 3 fully saturated rings. The van der Waals surface area contributed by atoms with E-state index in [4.69, 9.17) is 14.7 Å². The van der Waals surface area contributed by atoms with E-state index in [2.05, 4.69) is 79.2 Å². The minimum absolute atomic E-state index is 0.0586. The number of amides is 1. The van der Waals surface area contributed by atoms with Gasteiger partial charge in [0.1, 0.15) is 0 Å². The van der Waals surface area contributed by atoms with Crippen LogP contribution in [0.3, 0.4) is 0 Å². The summed E-state index contributed by atoms with van der Waals surface area (Å²) >= 11 is 3.56. The molecule has 3 aliphatic rings. The van der Waals surface area contributed by atoms with Crippen molar-refractivity contribution in [3.8, 4) is 0 Å². The van der Waals surface area contributed by atoms with Crippen molar-refractivity contribution in [1.29, 1.82) is 0 Å². The third-order valence-corrected chi connectivity index (χ3v) is 9.37. The summed E-state index contributed by atoms with van der Waals surface area (Å²) in [7, 11) is 0. The third kappa shape index (κ3) is 7.19. The average Bonchev–Trinajstić information content (AvgIpc) is 3.54. The minimum Gasteiger partial charge on any atom is -0.379 e. The van der Waals surface area contributed by atoms with Gasteiger partial charge in [0, 0.05) is 69.6 Å². The fourth-order valence-electron chi connectivity index (χ4n) is 6.31. The van der Waals surface area contributed by atoms with Crippen molar-refractivity contribution in [2.24, 2.45) is 0 Å². The Morgan fingerprint density at radius 1 is 0.857 bits per heavy atom. The number of piperazine rings is 1. The molecule has 0 spiro atoms. The summed E-state index contributed by atoms with van der Waals surface area (Å²) < 4.78 is 6.56. The third-order valence-electron chi connectivity index (χ3n) is 8.84. The number of anilines is 1. The highest BCUT2D eigenvalue weighted by molar-refractivity contribution is 9.10. The van der Waals surface area contributed by atoms with Crippen LogP contribution < -0.4 is 4.90 Å². The van der Waals surface area contributed by atoms with Crippen LogP contribution in [0.1, 0.15) is 46.1 Å². The molecule has 1 unspecified atom stereocenters. The van der Waals surface area contributed by atoms with Crippen molar-refractivity contribution in [3.05, 3.63) is 87.7 Å². The van der Waals surface area contributed by atoms with Crippen LogP contribution in [0.2, 0.25) is 0 Å². The van der Waals surface area contributed by atoms with E-state index in [1.807, 2.05) is 11.0 Å². The van der Waals surface area contributed by atoms with Gasteiger partial charge in [-0.1, -0.05) is 58.4 Å². The van der Waals surface area contributed by atoms with Crippen LogP contribution in [0, 0.1) is 0 Å². The van der Waals surface area contributed by atoms with Gasteiger partial charge in [-0.05, 0) is 48.9 Å². The second kappa shape index (κ2) is 14.1. The number of rotatable bonds is 9. The summed E-state index contributed by atoms with van der Waals surface area (Å²) in [6, 6.07) is 19.3. The molecule has 4 heterocycles. The number of aryl methyl sites for hydroxylation is 2. The smallest absolute Gasteiger partial charge is 0.257 e. The highest BCUT2D eigenvalue weighted by Crippen LogP contribution is 2.35. The van der Waals surface area contributed by atoms with E-state index < -0.39 is 0 Å². The van der Waals surface area contributed by atoms with E-state index in [-0.39, 0.29) is 11.9 Å². The maximum absolute atomic E-state index is 13.9. The Bertz CT molecular complexity index is 1310. The minimum atomic E-state index is 0.0586. The van der Waals surface area contributed by atoms with E-state index in [1.54, 1.807) is 6.20 Å². The van der Waals surface area contributed by atoms with Crippen molar-refractivity contribution in [2.45, 2.75) is 31.7 Å². The summed E-state index contributed by atoms with van der Waals surface area (Å²) in [6.07, 6.45) is 5.51. The average molecular weight is 634 g/mol. The van der Waals surface area contributed by atoms with Crippen LogP contribution in [0.4, 0.5) is 5.95 Å². The summed E-state index contributed by atoms with van der Waals surface area (Å²) in [6.45, 7) is 9.98. The van der Waals surface area contributed by atoms with Crippen LogP contribution >= 0.6 is 15.9 Å². The van der Waals surface area contributed by atoms with Gasteiger partial charge in [0.2, 0.25) is 5.95 Å². The Morgan fingerprint density at radius 2 is 1.57 bits per heavy atom. The summed E-state index contributed by atoms with van der Waals surface area (Å²) in [5.74, 6) is 0.788. The largest absolute Gasteiger partial charge is 0.379 e. The van der Waals surface area contributed by atoms with E-state index in [0.717, 1.165) is 107 Å². The molecule has 6 rings (SSSR count). The van der Waals surface area contributed by atoms with E-state index in [0.29, 0.717) is 12.0 Å². The maximum Gasteiger partial charge on any atom is 0.257 e. The number of nitrogens with zero attached hydrogens (tertiary/aromatic N) is 6. The molecule has 42 heavy (non-hydrogen) atoms. The summed E-state index contributed by atoms with van der Waals surface area (Å²) in [4.78, 5) is 33.1. The Hall–Kier alpha value is -2.85. The number of morpholine rings is 1. The maximum atomic E-state index is 13.9. The topological polar surface area (TPSA) is 65.0 Å². The van der Waals surface area contributed by atoms with Crippen molar-refractivity contribution in [3.63, 3.8) is 0 Å². The van der Waals surface area contributed by atoms with Crippen LogP contribution in [-0.2, 0) is 17.6 Å². The zero-order valence-corrected chi connectivity index (χ0v) is 25.9. The molecule has 0 radical (unpaired) electrons. The normalized spacial score (nSPS) is 20.3. The summed E-state index contributed by atoms with van der Waals surface area (Å²) in [5, 5.41) is 0. The van der Waals surface area contributed by atoms with Crippen molar-refractivity contribution < 1.29 is 9.53 Å². The summed E-state index contributed by atoms with van der Waals surface area (Å²) in [5.41, 5.74) is 4.02. The Morgan fingerprint density at radius 3 is 2.31 bits per heavy atom. The molecule has 2 aromatic carbocycles. The van der Waals surface area contributed by atoms with Gasteiger partial charge in [0.25, 0.3) is 5.91 Å². The molecule has 3 aromatic rings. The van der Waals surface area contributed by atoms with Gasteiger partial charge in [-0.15, -0.1) is 0 Å². The molecule has 0 N–H and O–H groups in total. The van der Waals surface area contributed by atoms with Crippen LogP contribution in [0.25, 0.3) is 0 Å². The second-order valence-corrected chi connectivity index (χ2v) is 12.4. The molecule has 1 amide bonds. The molecule has 3 aliphatic heterocycles. The Kier molecular flexibility index (Phi) is 9.80. The van der Waals surface area contributed by atoms with Gasteiger partial charge < -0.3 is 14.5 Å². The fourth-order valence-corrected chi connectivity index (χ4v) is 6.58. The number of benzene rings is 2. The number of hydrogen-bond donors (Lipinski definition) is 0. The quantitative estimate of drug-likeness (QED) is 0.345. The molecule has 1 aromatic heterocycles. The molecule has 9 heteroatoms. The zero-order valence-electron chi connectivity index (χ0n) is 24.3. The highest BCUT2D eigenvalue weighted by atomic mass is 79.9. The lowest BCUT2D eigenvalue weighted by Gasteiger charge is -2.36. The van der Waals surface area contributed by atoms with Crippen molar-refractivity contribution in [2.75, 3.05) is 77.0 Å². The Labute approximate surface area is 257 Å². The molecule has 222 valence electrons. The van der Waals surface area contributed by atoms with Crippen LogP contribution in [-0.4, -0.2) is 103 Å². The molecule has 3 saturated heterocycles. The standard InChI is InChI=1S/C33H41BrN6O2/c34-28-11-9-27(10-12-28)31-7-4-14-40(31)33-35-25-29(30(36-33)13-8-26-5-2-1-3-6-26)32(41)39-19-17-37(18-20-39)15-16-38-21-23-42-24-22-38/h1-3,5-6,9-12,25,31H,4,7-8,13-24H2. The Balaban J connectivity index is 1.16. The van der Waals surface area contributed by atoms with Crippen LogP contribution in [0.15, 0.2) is 65.3 Å². The van der Waals surface area contributed by atoms with Gasteiger partial charge in [-0.25, -0.2) is 9.97 Å². The molecular weight excluding hydrogens is 592 g/mol. The SMILES string of the molecule is O=C(c1cnc(N2CCCC2c2ccc(Br)cc2)nc1CCc1ccccc1)N1CCN(CCN2CCOCC2)CC1. The molecule has 0 saturated carbocycles. The number of carbonyl (C=O) groups excluding carboxylic acids is 1. The fraction of sp³-hybridized carbons (Fsp3) is 0.485. The molecule has 8 nitrogen and oxygen atoms in total. The van der Waals surface area contributed by atoms with E-state index >= 15 is 0 Å². The number of hydrogen-bond acceptors (Lipinski definition) is 7. The predicted octanol–water partition coefficient (Wildman–Crippen LogP) is 4.46. The van der Waals surface area contributed by atoms with E-state index in [9.17, 15) is 4.79 Å². The molecule has 0 bridgehead atoms. The van der Waals surface area contributed by atoms with Crippen molar-refractivity contribution in [1.82, 2.24) is 24.7 Å². The van der Waals surface area contributed by atoms with Gasteiger partial charge in [-0.2, -0.15) is 0 Å². The first-order valence-corrected chi connectivity index (χ1v) is 16.2. The first-order chi connectivity index (χ1) is 20.6. The number of aromatic nitrogens is 2. The number of ether oxygens (including phenoxy) is 1. The highest BCUT2D eigenvalue weighted by Gasteiger charge is 2.30. The lowest BCUT2D eigenvalue weighted by Crippen LogP contribution is -2.51. The zero-order chi connectivity index (χ0) is 28.7. The lowest BCUT2D eigenvalue weighted by molar-refractivity contribution is 0.0293. The van der Waals surface area contributed by atoms with E-state index in [1.165, 1.54) is 11.1 Å².